The van der Waals surface area contributed by atoms with Crippen LogP contribution in [0, 0.1) is 0 Å². The highest BCUT2D eigenvalue weighted by atomic mass is 16.1. The first-order valence-corrected chi connectivity index (χ1v) is 6.47. The minimum Gasteiger partial charge on any atom is -0.346 e. The van der Waals surface area contributed by atoms with Crippen molar-refractivity contribution >= 4 is 17.2 Å². The molecule has 0 fully saturated rings. The predicted molar refractivity (Wildman–Crippen MR) is 78.0 cm³/mol. The van der Waals surface area contributed by atoms with Gasteiger partial charge in [-0.3, -0.25) is 9.59 Å². The number of aryl methyl sites for hydroxylation is 2. The standard InChI is InChI=1S/C16H14N2O2/c19-12-13-4-5-14-6-8-17(15(14)11-13)9-10-18-7-2-1-3-16(18)20/h1-8,11-12H,9-10H2. The maximum absolute atomic E-state index is 11.7. The molecular weight excluding hydrogens is 252 g/mol. The van der Waals surface area contributed by atoms with Crippen molar-refractivity contribution in [2.24, 2.45) is 0 Å². The van der Waals surface area contributed by atoms with Gasteiger partial charge in [0.05, 0.1) is 0 Å². The zero-order chi connectivity index (χ0) is 13.9. The second-order valence-electron chi connectivity index (χ2n) is 4.68. The molecule has 2 aromatic heterocycles. The van der Waals surface area contributed by atoms with E-state index in [0.29, 0.717) is 18.7 Å². The molecule has 2 heterocycles. The molecule has 4 heteroatoms. The lowest BCUT2D eigenvalue weighted by atomic mass is 10.2. The normalized spacial score (nSPS) is 10.8. The van der Waals surface area contributed by atoms with Crippen molar-refractivity contribution in [1.29, 1.82) is 0 Å². The average molecular weight is 266 g/mol. The van der Waals surface area contributed by atoms with E-state index in [9.17, 15) is 9.59 Å². The van der Waals surface area contributed by atoms with Gasteiger partial charge >= 0.3 is 0 Å². The average Bonchev–Trinajstić information content (AvgIpc) is 2.88. The van der Waals surface area contributed by atoms with Gasteiger partial charge in [-0.15, -0.1) is 0 Å². The van der Waals surface area contributed by atoms with Crippen LogP contribution in [0.3, 0.4) is 0 Å². The molecule has 1 aromatic carbocycles. The van der Waals surface area contributed by atoms with Gasteiger partial charge in [0, 0.05) is 42.6 Å². The third kappa shape index (κ3) is 2.28. The maximum atomic E-state index is 11.7. The summed E-state index contributed by atoms with van der Waals surface area (Å²) in [6.45, 7) is 1.30. The molecule has 100 valence electrons. The fraction of sp³-hybridized carbons (Fsp3) is 0.125. The van der Waals surface area contributed by atoms with Crippen molar-refractivity contribution in [3.05, 3.63) is 70.8 Å². The highest BCUT2D eigenvalue weighted by Gasteiger charge is 2.03. The van der Waals surface area contributed by atoms with Gasteiger partial charge in [-0.05, 0) is 23.6 Å². The Labute approximate surface area is 115 Å². The van der Waals surface area contributed by atoms with Crippen molar-refractivity contribution < 1.29 is 4.79 Å². The molecule has 0 spiro atoms. The van der Waals surface area contributed by atoms with Gasteiger partial charge in [-0.2, -0.15) is 0 Å². The van der Waals surface area contributed by atoms with Gasteiger partial charge in [-0.1, -0.05) is 18.2 Å². The smallest absolute Gasteiger partial charge is 0.250 e. The molecule has 0 atom stereocenters. The van der Waals surface area contributed by atoms with Crippen molar-refractivity contribution in [3.63, 3.8) is 0 Å². The largest absolute Gasteiger partial charge is 0.346 e. The van der Waals surface area contributed by atoms with Crippen LogP contribution in [-0.4, -0.2) is 15.4 Å². The second-order valence-corrected chi connectivity index (χ2v) is 4.68. The van der Waals surface area contributed by atoms with E-state index in [2.05, 4.69) is 4.57 Å². The van der Waals surface area contributed by atoms with Gasteiger partial charge in [0.2, 0.25) is 0 Å². The first-order chi connectivity index (χ1) is 9.78. The zero-order valence-electron chi connectivity index (χ0n) is 10.9. The van der Waals surface area contributed by atoms with Crippen LogP contribution in [-0.2, 0) is 13.1 Å². The molecule has 4 nitrogen and oxygen atoms in total. The van der Waals surface area contributed by atoms with Gasteiger partial charge in [0.1, 0.15) is 6.29 Å². The van der Waals surface area contributed by atoms with Crippen LogP contribution >= 0.6 is 0 Å². The van der Waals surface area contributed by atoms with E-state index in [0.717, 1.165) is 17.2 Å². The van der Waals surface area contributed by atoms with Crippen LogP contribution in [0.15, 0.2) is 59.7 Å². The molecule has 0 unspecified atom stereocenters. The molecule has 0 saturated carbocycles. The molecular formula is C16H14N2O2. The van der Waals surface area contributed by atoms with Gasteiger partial charge in [-0.25, -0.2) is 0 Å². The predicted octanol–water partition coefficient (Wildman–Crippen LogP) is 2.32. The van der Waals surface area contributed by atoms with E-state index in [1.165, 1.54) is 0 Å². The van der Waals surface area contributed by atoms with Gasteiger partial charge in [0.15, 0.2) is 0 Å². The summed E-state index contributed by atoms with van der Waals surface area (Å²) in [7, 11) is 0. The summed E-state index contributed by atoms with van der Waals surface area (Å²) < 4.78 is 3.73. The van der Waals surface area contributed by atoms with Crippen LogP contribution in [0.1, 0.15) is 10.4 Å². The third-order valence-electron chi connectivity index (χ3n) is 3.41. The Kier molecular flexibility index (Phi) is 3.21. The van der Waals surface area contributed by atoms with Gasteiger partial charge < -0.3 is 9.13 Å². The topological polar surface area (TPSA) is 44.0 Å². The zero-order valence-corrected chi connectivity index (χ0v) is 10.9. The Balaban J connectivity index is 1.89. The molecule has 20 heavy (non-hydrogen) atoms. The summed E-state index contributed by atoms with van der Waals surface area (Å²) in [6.07, 6.45) is 4.61. The monoisotopic (exact) mass is 266 g/mol. The number of nitrogens with zero attached hydrogens (tertiary/aromatic N) is 2. The third-order valence-corrected chi connectivity index (χ3v) is 3.41. The number of rotatable bonds is 4. The number of benzene rings is 1. The molecule has 0 N–H and O–H groups in total. The van der Waals surface area contributed by atoms with E-state index in [4.69, 9.17) is 0 Å². The molecule has 0 aliphatic carbocycles. The summed E-state index contributed by atoms with van der Waals surface area (Å²) in [5.41, 5.74) is 1.67. The van der Waals surface area contributed by atoms with E-state index >= 15 is 0 Å². The highest BCUT2D eigenvalue weighted by molar-refractivity contribution is 5.87. The number of aromatic nitrogens is 2. The van der Waals surface area contributed by atoms with Crippen molar-refractivity contribution in [2.75, 3.05) is 0 Å². The summed E-state index contributed by atoms with van der Waals surface area (Å²) in [5.74, 6) is 0. The van der Waals surface area contributed by atoms with Gasteiger partial charge in [0.25, 0.3) is 5.56 Å². The summed E-state index contributed by atoms with van der Waals surface area (Å²) in [5, 5.41) is 1.09. The number of aldehydes is 1. The minimum absolute atomic E-state index is 0.00228. The lowest BCUT2D eigenvalue weighted by Crippen LogP contribution is -2.20. The first-order valence-electron chi connectivity index (χ1n) is 6.47. The van der Waals surface area contributed by atoms with E-state index in [-0.39, 0.29) is 5.56 Å². The Bertz CT molecular complexity index is 814. The quantitative estimate of drug-likeness (QED) is 0.680. The van der Waals surface area contributed by atoms with Crippen molar-refractivity contribution in [2.45, 2.75) is 13.1 Å². The van der Waals surface area contributed by atoms with E-state index < -0.39 is 0 Å². The molecule has 0 bridgehead atoms. The summed E-state index contributed by atoms with van der Waals surface area (Å²) in [4.78, 5) is 22.5. The lowest BCUT2D eigenvalue weighted by Gasteiger charge is -2.08. The van der Waals surface area contributed by atoms with Crippen LogP contribution in [0.5, 0.6) is 0 Å². The maximum Gasteiger partial charge on any atom is 0.250 e. The van der Waals surface area contributed by atoms with Crippen LogP contribution in [0.4, 0.5) is 0 Å². The molecule has 0 amide bonds. The summed E-state index contributed by atoms with van der Waals surface area (Å²) >= 11 is 0. The second kappa shape index (κ2) is 5.17. The van der Waals surface area contributed by atoms with Crippen LogP contribution in [0.25, 0.3) is 10.9 Å². The van der Waals surface area contributed by atoms with Crippen LogP contribution < -0.4 is 5.56 Å². The number of hydrogen-bond donors (Lipinski definition) is 0. The fourth-order valence-electron chi connectivity index (χ4n) is 2.33. The SMILES string of the molecule is O=Cc1ccc2ccn(CCn3ccccc3=O)c2c1. The molecule has 3 aromatic rings. The van der Waals surface area contributed by atoms with Crippen molar-refractivity contribution in [1.82, 2.24) is 9.13 Å². The van der Waals surface area contributed by atoms with E-state index in [1.54, 1.807) is 29.0 Å². The molecule has 0 aliphatic heterocycles. The Morgan fingerprint density at radius 3 is 2.60 bits per heavy atom. The number of carbonyl (C=O) groups is 1. The minimum atomic E-state index is -0.00228. The number of carbonyl (C=O) groups excluding carboxylic acids is 1. The Hall–Kier alpha value is -2.62. The number of fused-ring (bicyclic) bond motifs is 1. The number of hydrogen-bond acceptors (Lipinski definition) is 2. The Morgan fingerprint density at radius 1 is 0.950 bits per heavy atom. The number of pyridine rings is 1. The van der Waals surface area contributed by atoms with Crippen molar-refractivity contribution in [3.8, 4) is 0 Å². The molecule has 0 radical (unpaired) electrons. The van der Waals surface area contributed by atoms with E-state index in [1.807, 2.05) is 30.5 Å². The fourth-order valence-corrected chi connectivity index (χ4v) is 2.33. The lowest BCUT2D eigenvalue weighted by molar-refractivity contribution is 0.112. The molecule has 0 aliphatic rings. The molecule has 0 saturated heterocycles. The molecule has 3 rings (SSSR count). The first kappa shape index (κ1) is 12.4. The van der Waals surface area contributed by atoms with Crippen LogP contribution in [0.2, 0.25) is 0 Å². The highest BCUT2D eigenvalue weighted by Crippen LogP contribution is 2.17. The summed E-state index contributed by atoms with van der Waals surface area (Å²) in [6, 6.07) is 12.8. The Morgan fingerprint density at radius 2 is 1.80 bits per heavy atom.